The first-order valence-corrected chi connectivity index (χ1v) is 20.7. The molecule has 1 atom stereocenters. The number of nitrogens with zero attached hydrogens (tertiary/aromatic N) is 7. The van der Waals surface area contributed by atoms with Crippen LogP contribution in [-0.2, 0) is 14.4 Å². The van der Waals surface area contributed by atoms with Crippen LogP contribution >= 0.6 is 11.6 Å². The van der Waals surface area contributed by atoms with Gasteiger partial charge in [-0.25, -0.2) is 4.98 Å². The molecule has 60 heavy (non-hydrogen) atoms. The van der Waals surface area contributed by atoms with Crippen molar-refractivity contribution in [3.05, 3.63) is 75.2 Å². The quantitative estimate of drug-likeness (QED) is 0.187. The maximum absolute atomic E-state index is 13.4. The molecule has 8 rings (SSSR count). The van der Waals surface area contributed by atoms with Crippen molar-refractivity contribution in [3.8, 4) is 5.75 Å². The Morgan fingerprint density at radius 2 is 1.67 bits per heavy atom. The largest absolute Gasteiger partial charge is 0.478 e. The summed E-state index contributed by atoms with van der Waals surface area (Å²) in [6.45, 7) is 9.38. The fraction of sp³-hybridized carbons (Fsp3) is 0.429. The number of halogens is 1. The van der Waals surface area contributed by atoms with Crippen molar-refractivity contribution in [3.63, 3.8) is 0 Å². The lowest BCUT2D eigenvalue weighted by Crippen LogP contribution is -2.54. The minimum absolute atomic E-state index is 0.0805. The van der Waals surface area contributed by atoms with Crippen LogP contribution in [0.3, 0.4) is 0 Å². The van der Waals surface area contributed by atoms with Gasteiger partial charge in [0.05, 0.1) is 22.8 Å². The maximum atomic E-state index is 13.4. The molecule has 4 aromatic rings. The summed E-state index contributed by atoms with van der Waals surface area (Å²) < 4.78 is 7.25. The van der Waals surface area contributed by atoms with E-state index in [4.69, 9.17) is 21.3 Å². The Morgan fingerprint density at radius 1 is 0.917 bits per heavy atom. The smallest absolute Gasteiger partial charge is 0.293 e. The van der Waals surface area contributed by atoms with Gasteiger partial charge in [0.25, 0.3) is 23.3 Å². The second kappa shape index (κ2) is 16.9. The van der Waals surface area contributed by atoms with E-state index in [-0.39, 0.29) is 53.8 Å². The van der Waals surface area contributed by atoms with Gasteiger partial charge in [-0.3, -0.25) is 43.9 Å². The molecule has 0 saturated carbocycles. The lowest BCUT2D eigenvalue weighted by Gasteiger charge is -2.39. The average Bonchev–Trinajstić information content (AvgIpc) is 3.48. The van der Waals surface area contributed by atoms with Crippen LogP contribution in [0.4, 0.5) is 23.1 Å². The van der Waals surface area contributed by atoms with E-state index in [1.54, 1.807) is 29.0 Å². The van der Waals surface area contributed by atoms with Gasteiger partial charge in [0.15, 0.2) is 18.2 Å². The molecule has 0 bridgehead atoms. The first-order chi connectivity index (χ1) is 28.9. The predicted molar refractivity (Wildman–Crippen MR) is 225 cm³/mol. The van der Waals surface area contributed by atoms with Gasteiger partial charge in [0.2, 0.25) is 17.8 Å². The molecular formula is C42H47ClN10O7. The number of piperazine rings is 1. The summed E-state index contributed by atoms with van der Waals surface area (Å²) in [6.07, 6.45) is 3.76. The van der Waals surface area contributed by atoms with Crippen molar-refractivity contribution in [1.29, 1.82) is 0 Å². The molecule has 2 aromatic heterocycles. The van der Waals surface area contributed by atoms with Crippen LogP contribution in [0.1, 0.15) is 66.3 Å². The van der Waals surface area contributed by atoms with E-state index in [9.17, 15) is 28.8 Å². The number of hydrogen-bond donors (Lipinski definition) is 3. The SMILES string of the molecule is CNC(=O)COc1cc2cc(Nc3nc(N4CCC(CN5CCN(c6ccc7c(c6)C(=O)N(C6CCC(=O)NC6=O)C7=O)CC5)CC4)ncc3Cl)ccc2n(C(C)C)c1=O. The number of hydrogen-bond acceptors (Lipinski definition) is 13. The van der Waals surface area contributed by atoms with Crippen LogP contribution in [0.15, 0.2) is 53.5 Å². The van der Waals surface area contributed by atoms with E-state index in [2.05, 4.69) is 35.6 Å². The van der Waals surface area contributed by atoms with Gasteiger partial charge in [-0.1, -0.05) is 11.6 Å². The Kier molecular flexibility index (Phi) is 11.5. The maximum Gasteiger partial charge on any atom is 0.293 e. The van der Waals surface area contributed by atoms with Crippen molar-refractivity contribution < 1.29 is 28.7 Å². The normalized spacial score (nSPS) is 18.9. The van der Waals surface area contributed by atoms with E-state index in [0.29, 0.717) is 28.4 Å². The third-order valence-electron chi connectivity index (χ3n) is 11.7. The van der Waals surface area contributed by atoms with Crippen LogP contribution in [0.2, 0.25) is 5.02 Å². The average molecular weight is 839 g/mol. The summed E-state index contributed by atoms with van der Waals surface area (Å²) in [4.78, 5) is 92.9. The van der Waals surface area contributed by atoms with Gasteiger partial charge in [-0.05, 0) is 81.5 Å². The van der Waals surface area contributed by atoms with E-state index in [1.165, 1.54) is 7.05 Å². The molecule has 314 valence electrons. The monoisotopic (exact) mass is 838 g/mol. The van der Waals surface area contributed by atoms with E-state index in [1.807, 2.05) is 38.1 Å². The summed E-state index contributed by atoms with van der Waals surface area (Å²) in [7, 11) is 1.51. The number of anilines is 4. The second-order valence-corrected chi connectivity index (χ2v) is 16.3. The summed E-state index contributed by atoms with van der Waals surface area (Å²) in [5.74, 6) is -0.728. The molecule has 0 aliphatic carbocycles. The number of nitrogens with one attached hydrogen (secondary N) is 3. The van der Waals surface area contributed by atoms with Crippen LogP contribution in [0.5, 0.6) is 5.75 Å². The summed E-state index contributed by atoms with van der Waals surface area (Å²) in [5.41, 5.74) is 2.55. The van der Waals surface area contributed by atoms with Crippen molar-refractivity contribution in [1.82, 2.24) is 35.0 Å². The Hall–Kier alpha value is -6.07. The Bertz CT molecular complexity index is 2440. The van der Waals surface area contributed by atoms with Crippen molar-refractivity contribution in [2.24, 2.45) is 5.92 Å². The molecule has 17 nitrogen and oxygen atoms in total. The first-order valence-electron chi connectivity index (χ1n) is 20.3. The van der Waals surface area contributed by atoms with Crippen molar-refractivity contribution in [2.45, 2.75) is 51.6 Å². The third kappa shape index (κ3) is 8.10. The zero-order chi connectivity index (χ0) is 42.2. The third-order valence-corrected chi connectivity index (χ3v) is 12.0. The first kappa shape index (κ1) is 40.7. The lowest BCUT2D eigenvalue weighted by atomic mass is 9.96. The number of likely N-dealkylation sites (N-methyl/N-ethyl adjacent to an activating group) is 1. The molecule has 4 aliphatic rings. The van der Waals surface area contributed by atoms with Crippen LogP contribution < -0.4 is 36.0 Å². The van der Waals surface area contributed by atoms with Crippen LogP contribution in [-0.4, -0.2) is 119 Å². The second-order valence-electron chi connectivity index (χ2n) is 15.9. The van der Waals surface area contributed by atoms with Crippen molar-refractivity contribution in [2.75, 3.05) is 74.6 Å². The van der Waals surface area contributed by atoms with Crippen LogP contribution in [0, 0.1) is 5.92 Å². The number of carbonyl (C=O) groups excluding carboxylic acids is 5. The Morgan fingerprint density at radius 3 is 2.38 bits per heavy atom. The zero-order valence-electron chi connectivity index (χ0n) is 33.7. The highest BCUT2D eigenvalue weighted by Gasteiger charge is 2.45. The number of rotatable bonds is 11. The summed E-state index contributed by atoms with van der Waals surface area (Å²) in [6, 6.07) is 11.4. The number of pyridine rings is 1. The highest BCUT2D eigenvalue weighted by Crippen LogP contribution is 2.33. The van der Waals surface area contributed by atoms with E-state index in [0.717, 1.165) is 80.1 Å². The summed E-state index contributed by atoms with van der Waals surface area (Å²) >= 11 is 6.59. The highest BCUT2D eigenvalue weighted by atomic mass is 35.5. The molecule has 2 aromatic carbocycles. The minimum atomic E-state index is -0.988. The standard InChI is InChI=1S/C42H47ClN10O7/c1-24(2)52-32-7-4-27(18-26(32)19-34(41(52)59)60-23-36(55)44-3)46-37-31(43)21-45-42(48-37)51-12-10-25(11-13-51)22-49-14-16-50(17-15-49)28-5-6-29-30(20-28)40(58)53(39(29)57)33-8-9-35(54)47-38(33)56/h4-7,18-21,24-25,33H,8-17,22-23H2,1-3H3,(H,44,55)(H,45,46,48)(H,47,54,56). The number of amides is 5. The van der Waals surface area contributed by atoms with Gasteiger partial charge >= 0.3 is 0 Å². The Labute approximate surface area is 351 Å². The molecule has 3 saturated heterocycles. The van der Waals surface area contributed by atoms with E-state index >= 15 is 0 Å². The molecule has 5 amide bonds. The number of carbonyl (C=O) groups is 5. The fourth-order valence-corrected chi connectivity index (χ4v) is 8.63. The molecule has 18 heteroatoms. The highest BCUT2D eigenvalue weighted by molar-refractivity contribution is 6.33. The molecular weight excluding hydrogens is 792 g/mol. The van der Waals surface area contributed by atoms with E-state index < -0.39 is 29.7 Å². The number of imide groups is 2. The zero-order valence-corrected chi connectivity index (χ0v) is 34.5. The fourth-order valence-electron chi connectivity index (χ4n) is 8.49. The molecule has 3 N–H and O–H groups in total. The molecule has 1 unspecified atom stereocenters. The van der Waals surface area contributed by atoms with Crippen LogP contribution in [0.25, 0.3) is 10.9 Å². The number of aromatic nitrogens is 3. The van der Waals surface area contributed by atoms with Gasteiger partial charge in [0.1, 0.15) is 11.1 Å². The van der Waals surface area contributed by atoms with Crippen molar-refractivity contribution >= 4 is 75.2 Å². The van der Waals surface area contributed by atoms with Gasteiger partial charge in [-0.15, -0.1) is 0 Å². The Balaban J connectivity index is 0.854. The number of fused-ring (bicyclic) bond motifs is 2. The number of piperidine rings is 2. The molecule has 6 heterocycles. The number of ether oxygens (including phenoxy) is 1. The van der Waals surface area contributed by atoms with Gasteiger partial charge in [0, 0.05) is 82.1 Å². The van der Waals surface area contributed by atoms with Gasteiger partial charge in [-0.2, -0.15) is 4.98 Å². The topological polar surface area (TPSA) is 191 Å². The molecule has 0 radical (unpaired) electrons. The number of benzene rings is 2. The van der Waals surface area contributed by atoms with Gasteiger partial charge < -0.3 is 29.7 Å². The molecule has 4 aliphatic heterocycles. The lowest BCUT2D eigenvalue weighted by molar-refractivity contribution is -0.136. The molecule has 3 fully saturated rings. The minimum Gasteiger partial charge on any atom is -0.478 e. The predicted octanol–water partition coefficient (Wildman–Crippen LogP) is 3.33. The summed E-state index contributed by atoms with van der Waals surface area (Å²) in [5, 5.41) is 9.17. The molecule has 0 spiro atoms.